The van der Waals surface area contributed by atoms with Crippen molar-refractivity contribution in [1.29, 1.82) is 0 Å². The Hall–Kier alpha value is -1.61. The third-order valence-corrected chi connectivity index (χ3v) is 2.08. The lowest BCUT2D eigenvalue weighted by Gasteiger charge is -2.05. The third-order valence-electron chi connectivity index (χ3n) is 1.86. The first-order valence-electron chi connectivity index (χ1n) is 4.38. The van der Waals surface area contributed by atoms with Crippen molar-refractivity contribution in [3.63, 3.8) is 0 Å². The van der Waals surface area contributed by atoms with Crippen molar-refractivity contribution in [1.82, 2.24) is 4.98 Å². The van der Waals surface area contributed by atoms with Crippen molar-refractivity contribution >= 4 is 23.0 Å². The molecule has 1 N–H and O–H groups in total. The van der Waals surface area contributed by atoms with E-state index in [1.165, 1.54) is 12.1 Å². The highest BCUT2D eigenvalue weighted by molar-refractivity contribution is 6.29. The van der Waals surface area contributed by atoms with Gasteiger partial charge in [0.05, 0.1) is 11.9 Å². The Morgan fingerprint density at radius 3 is 2.27 bits per heavy atom. The maximum atomic E-state index is 12.6. The summed E-state index contributed by atoms with van der Waals surface area (Å²) in [7, 11) is 0. The standard InChI is InChI=1S/C11H8ClFN2/c12-11-6-5-10(7-14-11)15-9-3-1-8(13)2-4-9/h1-7,15H. The van der Waals surface area contributed by atoms with Gasteiger partial charge in [-0.25, -0.2) is 9.37 Å². The monoisotopic (exact) mass is 222 g/mol. The highest BCUT2D eigenvalue weighted by Crippen LogP contribution is 2.17. The van der Waals surface area contributed by atoms with Gasteiger partial charge >= 0.3 is 0 Å². The molecule has 0 radical (unpaired) electrons. The Morgan fingerprint density at radius 1 is 1.00 bits per heavy atom. The first-order chi connectivity index (χ1) is 7.24. The van der Waals surface area contributed by atoms with Gasteiger partial charge in [0.15, 0.2) is 0 Å². The van der Waals surface area contributed by atoms with E-state index in [0.29, 0.717) is 5.15 Å². The molecule has 2 rings (SSSR count). The zero-order valence-corrected chi connectivity index (χ0v) is 8.50. The summed E-state index contributed by atoms with van der Waals surface area (Å²) < 4.78 is 12.6. The van der Waals surface area contributed by atoms with Crippen LogP contribution in [0.15, 0.2) is 42.6 Å². The molecule has 0 amide bonds. The molecular weight excluding hydrogens is 215 g/mol. The Morgan fingerprint density at radius 2 is 1.67 bits per heavy atom. The van der Waals surface area contributed by atoms with Crippen LogP contribution in [0.5, 0.6) is 0 Å². The quantitative estimate of drug-likeness (QED) is 0.785. The Labute approximate surface area is 91.7 Å². The lowest BCUT2D eigenvalue weighted by atomic mass is 10.3. The molecule has 15 heavy (non-hydrogen) atoms. The minimum absolute atomic E-state index is 0.255. The highest BCUT2D eigenvalue weighted by atomic mass is 35.5. The average Bonchev–Trinajstić information content (AvgIpc) is 2.25. The van der Waals surface area contributed by atoms with E-state index < -0.39 is 0 Å². The fourth-order valence-electron chi connectivity index (χ4n) is 1.15. The molecule has 0 saturated carbocycles. The predicted molar refractivity (Wildman–Crippen MR) is 58.9 cm³/mol. The van der Waals surface area contributed by atoms with E-state index in [1.54, 1.807) is 30.5 Å². The molecule has 0 bridgehead atoms. The van der Waals surface area contributed by atoms with E-state index in [4.69, 9.17) is 11.6 Å². The van der Waals surface area contributed by atoms with E-state index in [2.05, 4.69) is 10.3 Å². The van der Waals surface area contributed by atoms with E-state index in [-0.39, 0.29) is 5.82 Å². The molecule has 1 heterocycles. The third kappa shape index (κ3) is 2.67. The van der Waals surface area contributed by atoms with Gasteiger partial charge in [-0.05, 0) is 36.4 Å². The van der Waals surface area contributed by atoms with Crippen molar-refractivity contribution < 1.29 is 4.39 Å². The molecule has 0 fully saturated rings. The second kappa shape index (κ2) is 4.28. The van der Waals surface area contributed by atoms with Crippen LogP contribution in [0, 0.1) is 5.82 Å². The molecule has 2 nitrogen and oxygen atoms in total. The second-order valence-electron chi connectivity index (χ2n) is 3.00. The summed E-state index contributed by atoms with van der Waals surface area (Å²) in [4.78, 5) is 3.92. The van der Waals surface area contributed by atoms with Gasteiger partial charge in [0.25, 0.3) is 0 Å². The van der Waals surface area contributed by atoms with Crippen LogP contribution < -0.4 is 5.32 Å². The maximum Gasteiger partial charge on any atom is 0.129 e. The van der Waals surface area contributed by atoms with E-state index in [0.717, 1.165) is 11.4 Å². The Balaban J connectivity index is 2.15. The van der Waals surface area contributed by atoms with Gasteiger partial charge in [0.2, 0.25) is 0 Å². The minimum Gasteiger partial charge on any atom is -0.354 e. The molecule has 0 atom stereocenters. The number of rotatable bonds is 2. The fourth-order valence-corrected chi connectivity index (χ4v) is 1.26. The summed E-state index contributed by atoms with van der Waals surface area (Å²) in [6.07, 6.45) is 1.62. The molecular formula is C11H8ClFN2. The van der Waals surface area contributed by atoms with Gasteiger partial charge in [0, 0.05) is 5.69 Å². The summed E-state index contributed by atoms with van der Waals surface area (Å²) in [5.41, 5.74) is 1.62. The zero-order valence-electron chi connectivity index (χ0n) is 7.74. The Bertz CT molecular complexity index is 396. The van der Waals surface area contributed by atoms with Crippen molar-refractivity contribution in [3.8, 4) is 0 Å². The van der Waals surface area contributed by atoms with Gasteiger partial charge < -0.3 is 5.32 Å². The predicted octanol–water partition coefficient (Wildman–Crippen LogP) is 3.62. The second-order valence-corrected chi connectivity index (χ2v) is 3.39. The van der Waals surface area contributed by atoms with Crippen LogP contribution in [0.2, 0.25) is 5.15 Å². The number of nitrogens with zero attached hydrogens (tertiary/aromatic N) is 1. The maximum absolute atomic E-state index is 12.6. The van der Waals surface area contributed by atoms with Crippen LogP contribution in [-0.4, -0.2) is 4.98 Å². The molecule has 0 aliphatic carbocycles. The molecule has 4 heteroatoms. The van der Waals surface area contributed by atoms with Gasteiger partial charge in [-0.1, -0.05) is 11.6 Å². The number of benzene rings is 1. The van der Waals surface area contributed by atoms with Gasteiger partial charge in [-0.15, -0.1) is 0 Å². The van der Waals surface area contributed by atoms with Crippen LogP contribution in [0.1, 0.15) is 0 Å². The minimum atomic E-state index is -0.255. The number of halogens is 2. The number of hydrogen-bond donors (Lipinski definition) is 1. The lowest BCUT2D eigenvalue weighted by molar-refractivity contribution is 0.628. The molecule has 76 valence electrons. The first-order valence-corrected chi connectivity index (χ1v) is 4.76. The number of pyridine rings is 1. The van der Waals surface area contributed by atoms with Crippen molar-refractivity contribution in [3.05, 3.63) is 53.6 Å². The molecule has 2 aromatic rings. The summed E-state index contributed by atoms with van der Waals surface area (Å²) in [6, 6.07) is 9.59. The molecule has 0 unspecified atom stereocenters. The largest absolute Gasteiger partial charge is 0.354 e. The van der Waals surface area contributed by atoms with Crippen LogP contribution in [-0.2, 0) is 0 Å². The van der Waals surface area contributed by atoms with Gasteiger partial charge in [0.1, 0.15) is 11.0 Å². The number of nitrogens with one attached hydrogen (secondary N) is 1. The molecule has 1 aromatic heterocycles. The first kappa shape index (κ1) is 9.93. The van der Waals surface area contributed by atoms with Gasteiger partial charge in [-0.3, -0.25) is 0 Å². The van der Waals surface area contributed by atoms with Crippen LogP contribution in [0.3, 0.4) is 0 Å². The zero-order chi connectivity index (χ0) is 10.7. The Kier molecular flexibility index (Phi) is 2.83. The fraction of sp³-hybridized carbons (Fsp3) is 0. The topological polar surface area (TPSA) is 24.9 Å². The molecule has 0 aliphatic rings. The molecule has 0 saturated heterocycles. The van der Waals surface area contributed by atoms with Crippen LogP contribution >= 0.6 is 11.6 Å². The summed E-state index contributed by atoms with van der Waals surface area (Å²) in [6.45, 7) is 0. The van der Waals surface area contributed by atoms with Gasteiger partial charge in [-0.2, -0.15) is 0 Å². The normalized spacial score (nSPS) is 10.0. The van der Waals surface area contributed by atoms with E-state index in [9.17, 15) is 4.39 Å². The van der Waals surface area contributed by atoms with Crippen LogP contribution in [0.25, 0.3) is 0 Å². The summed E-state index contributed by atoms with van der Waals surface area (Å²) in [5, 5.41) is 3.51. The highest BCUT2D eigenvalue weighted by Gasteiger charge is 1.95. The average molecular weight is 223 g/mol. The van der Waals surface area contributed by atoms with Crippen molar-refractivity contribution in [2.24, 2.45) is 0 Å². The molecule has 0 spiro atoms. The molecule has 1 aromatic carbocycles. The summed E-state index contributed by atoms with van der Waals surface area (Å²) in [5.74, 6) is -0.255. The van der Waals surface area contributed by atoms with Crippen molar-refractivity contribution in [2.75, 3.05) is 5.32 Å². The number of anilines is 2. The number of hydrogen-bond acceptors (Lipinski definition) is 2. The van der Waals surface area contributed by atoms with Crippen molar-refractivity contribution in [2.45, 2.75) is 0 Å². The smallest absolute Gasteiger partial charge is 0.129 e. The summed E-state index contributed by atoms with van der Waals surface area (Å²) >= 11 is 5.65. The molecule has 0 aliphatic heterocycles. The van der Waals surface area contributed by atoms with E-state index in [1.807, 2.05) is 0 Å². The van der Waals surface area contributed by atoms with Crippen LogP contribution in [0.4, 0.5) is 15.8 Å². The van der Waals surface area contributed by atoms with E-state index >= 15 is 0 Å². The number of aromatic nitrogens is 1. The lowest BCUT2D eigenvalue weighted by Crippen LogP contribution is -1.90. The SMILES string of the molecule is Fc1ccc(Nc2ccc(Cl)nc2)cc1.